The predicted molar refractivity (Wildman–Crippen MR) is 279 cm³/mol. The fourth-order valence-corrected chi connectivity index (χ4v) is 12.9. The molecular weight excluding hydrogens is 931 g/mol. The molecule has 1 aliphatic heterocycles. The molecule has 1 saturated heterocycles. The molecule has 14 heteroatoms. The first-order valence-electron chi connectivity index (χ1n) is 28.6. The Labute approximate surface area is 439 Å². The normalized spacial score (nSPS) is 32.3. The fourth-order valence-electron chi connectivity index (χ4n) is 12.9. The Hall–Kier alpha value is -3.42. The zero-order valence-electron chi connectivity index (χ0n) is 47.9. The Kier molecular flexibility index (Phi) is 19.8. The van der Waals surface area contributed by atoms with E-state index in [9.17, 15) is 33.9 Å². The highest BCUT2D eigenvalue weighted by molar-refractivity contribution is 5.83. The maximum atomic E-state index is 12.5. The SMILES string of the molecule is CCC(C)(C)C(=O)OC1(C)C2CC3CC(C2)CC1C3.CCC(C)(C)C(=O)OC12CC3CC(CC(O)(C3)C1)C2.CCC(C)(C)C(=O)OC1CCOC1=O.CCC1(OC(=O)NCCOC(=O)C(C)(C)CC)CCCC1. The number of esters is 5. The first-order valence-corrected chi connectivity index (χ1v) is 28.6. The molecule has 2 N–H and O–H groups in total. The number of nitrogens with one attached hydrogen (secondary N) is 1. The number of carbonyl (C=O) groups is 6. The first kappa shape index (κ1) is 60.4. The largest absolute Gasteiger partial charge is 0.463 e. The Balaban J connectivity index is 0.000000182. The van der Waals surface area contributed by atoms with E-state index in [1.807, 2.05) is 69.2 Å². The van der Waals surface area contributed by atoms with Crippen molar-refractivity contribution in [2.24, 2.45) is 57.2 Å². The van der Waals surface area contributed by atoms with Gasteiger partial charge in [0.05, 0.1) is 40.4 Å². The highest BCUT2D eigenvalue weighted by Gasteiger charge is 2.60. The van der Waals surface area contributed by atoms with Crippen LogP contribution >= 0.6 is 0 Å². The molecule has 73 heavy (non-hydrogen) atoms. The van der Waals surface area contributed by atoms with Crippen molar-refractivity contribution in [2.75, 3.05) is 19.8 Å². The van der Waals surface area contributed by atoms with Gasteiger partial charge in [0.2, 0.25) is 6.10 Å². The average Bonchev–Trinajstić information content (AvgIpc) is 3.97. The van der Waals surface area contributed by atoms with Crippen LogP contribution in [-0.4, -0.2) is 89.3 Å². The first-order chi connectivity index (χ1) is 33.9. The molecule has 0 spiro atoms. The van der Waals surface area contributed by atoms with Crippen molar-refractivity contribution < 1.29 is 62.3 Å². The molecule has 3 unspecified atom stereocenters. The average molecular weight is 1030 g/mol. The lowest BCUT2D eigenvalue weighted by atomic mass is 9.50. The molecule has 14 nitrogen and oxygen atoms in total. The van der Waals surface area contributed by atoms with E-state index in [1.165, 1.54) is 38.5 Å². The number of aliphatic hydroxyl groups is 1. The van der Waals surface area contributed by atoms with Crippen LogP contribution in [0.1, 0.15) is 232 Å². The van der Waals surface area contributed by atoms with Gasteiger partial charge in [0, 0.05) is 12.8 Å². The molecule has 0 aromatic carbocycles. The summed E-state index contributed by atoms with van der Waals surface area (Å²) in [4.78, 5) is 71.0. The molecule has 0 aromatic rings. The van der Waals surface area contributed by atoms with Gasteiger partial charge in [0.15, 0.2) is 0 Å². The molecule has 3 atom stereocenters. The highest BCUT2D eigenvalue weighted by Crippen LogP contribution is 2.61. The lowest BCUT2D eigenvalue weighted by molar-refractivity contribution is -0.225. The molecule has 1 heterocycles. The number of carbonyl (C=O) groups excluding carboxylic acids is 6. The smallest absolute Gasteiger partial charge is 0.407 e. The summed E-state index contributed by atoms with van der Waals surface area (Å²) in [5.74, 6) is 3.16. The van der Waals surface area contributed by atoms with Crippen LogP contribution in [0.2, 0.25) is 0 Å². The number of ether oxygens (including phenoxy) is 6. The van der Waals surface area contributed by atoms with Crippen molar-refractivity contribution in [3.05, 3.63) is 0 Å². The Morgan fingerprint density at radius 2 is 1.10 bits per heavy atom. The summed E-state index contributed by atoms with van der Waals surface area (Å²) in [5.41, 5.74) is -3.12. The van der Waals surface area contributed by atoms with E-state index in [2.05, 4.69) is 19.2 Å². The van der Waals surface area contributed by atoms with Crippen molar-refractivity contribution in [1.82, 2.24) is 5.32 Å². The van der Waals surface area contributed by atoms with Crippen LogP contribution in [0.4, 0.5) is 4.79 Å². The van der Waals surface area contributed by atoms with Crippen LogP contribution in [-0.2, 0) is 52.4 Å². The van der Waals surface area contributed by atoms with Crippen molar-refractivity contribution in [1.29, 1.82) is 0 Å². The number of rotatable bonds is 16. The zero-order valence-corrected chi connectivity index (χ0v) is 47.9. The van der Waals surface area contributed by atoms with Crippen LogP contribution < -0.4 is 5.32 Å². The Morgan fingerprint density at radius 3 is 1.55 bits per heavy atom. The lowest BCUT2D eigenvalue weighted by Crippen LogP contribution is -2.61. The van der Waals surface area contributed by atoms with Gasteiger partial charge >= 0.3 is 35.9 Å². The molecular formula is C59H99NO13. The minimum absolute atomic E-state index is 0.0185. The molecule has 10 fully saturated rings. The van der Waals surface area contributed by atoms with Gasteiger partial charge < -0.3 is 38.8 Å². The summed E-state index contributed by atoms with van der Waals surface area (Å²) in [6.07, 6.45) is 19.7. The quantitative estimate of drug-likeness (QED) is 0.0844. The Morgan fingerprint density at radius 1 is 0.630 bits per heavy atom. The molecule has 10 rings (SSSR count). The summed E-state index contributed by atoms with van der Waals surface area (Å²) < 4.78 is 32.6. The van der Waals surface area contributed by atoms with Crippen molar-refractivity contribution in [2.45, 2.75) is 260 Å². The third-order valence-electron chi connectivity index (χ3n) is 19.3. The molecule has 0 aromatic heterocycles. The van der Waals surface area contributed by atoms with Gasteiger partial charge in [-0.15, -0.1) is 0 Å². The third-order valence-corrected chi connectivity index (χ3v) is 19.3. The van der Waals surface area contributed by atoms with Crippen LogP contribution in [0.15, 0.2) is 0 Å². The van der Waals surface area contributed by atoms with Gasteiger partial charge in [-0.25, -0.2) is 9.59 Å². The second-order valence-corrected chi connectivity index (χ2v) is 26.6. The second-order valence-electron chi connectivity index (χ2n) is 26.6. The molecule has 9 aliphatic carbocycles. The third kappa shape index (κ3) is 15.0. The summed E-state index contributed by atoms with van der Waals surface area (Å²) in [6, 6.07) is 0. The van der Waals surface area contributed by atoms with Crippen molar-refractivity contribution >= 4 is 35.9 Å². The summed E-state index contributed by atoms with van der Waals surface area (Å²) in [5, 5.41) is 13.3. The molecule has 8 bridgehead atoms. The fraction of sp³-hybridized carbons (Fsp3) is 0.898. The summed E-state index contributed by atoms with van der Waals surface area (Å²) in [7, 11) is 0. The highest BCUT2D eigenvalue weighted by atomic mass is 16.6. The number of amides is 1. The number of hydrogen-bond acceptors (Lipinski definition) is 13. The van der Waals surface area contributed by atoms with Gasteiger partial charge in [-0.2, -0.15) is 0 Å². The maximum Gasteiger partial charge on any atom is 0.407 e. The van der Waals surface area contributed by atoms with Gasteiger partial charge in [-0.05, 0) is 220 Å². The van der Waals surface area contributed by atoms with Crippen LogP contribution in [0.3, 0.4) is 0 Å². The minimum atomic E-state index is -0.687. The van der Waals surface area contributed by atoms with E-state index in [-0.39, 0.29) is 59.2 Å². The second kappa shape index (κ2) is 23.9. The maximum absolute atomic E-state index is 12.5. The van der Waals surface area contributed by atoms with Crippen molar-refractivity contribution in [3.8, 4) is 0 Å². The molecule has 1 amide bonds. The Bertz CT molecular complexity index is 1890. The van der Waals surface area contributed by atoms with E-state index < -0.39 is 40.0 Å². The zero-order chi connectivity index (χ0) is 54.4. The van der Waals surface area contributed by atoms with Gasteiger partial charge in [-0.3, -0.25) is 19.2 Å². The molecule has 9 saturated carbocycles. The number of cyclic esters (lactones) is 1. The van der Waals surface area contributed by atoms with Crippen LogP contribution in [0, 0.1) is 57.2 Å². The lowest BCUT2D eigenvalue weighted by Gasteiger charge is -2.59. The molecule has 0 radical (unpaired) electrons. The van der Waals surface area contributed by atoms with E-state index in [4.69, 9.17) is 28.4 Å². The van der Waals surface area contributed by atoms with E-state index in [0.717, 1.165) is 88.9 Å². The summed E-state index contributed by atoms with van der Waals surface area (Å²) >= 11 is 0. The van der Waals surface area contributed by atoms with E-state index in [0.29, 0.717) is 49.5 Å². The standard InChI is InChI=1S/C17H28O2.C16H29NO4.C16H26O3.C10H16O4/c1-5-16(2,3)15(18)19-17(4)13-7-11-6-12(9-13)10-14(17)8-11;1-5-15(3,4)13(18)20-12-11-17-14(19)21-16(6-2)9-7-8-10-16;1-4-14(2,3)13(17)19-16-8-11-5-12(9-16)7-15(18,6-11)10-16;1-4-10(2,3)9(12)14-7-5-6-13-8(7)11/h11-14H,5-10H2,1-4H3;5-12H2,1-4H3,(H,17,19);11-12,18H,4-10H2,1-3H3;7H,4-6H2,1-3H3. The summed E-state index contributed by atoms with van der Waals surface area (Å²) in [6.45, 7) is 28.3. The number of alkyl carbamates (subject to hydrolysis) is 1. The van der Waals surface area contributed by atoms with Gasteiger partial charge in [0.1, 0.15) is 23.4 Å². The van der Waals surface area contributed by atoms with Gasteiger partial charge in [0.25, 0.3) is 0 Å². The predicted octanol–water partition coefficient (Wildman–Crippen LogP) is 11.9. The van der Waals surface area contributed by atoms with Crippen LogP contribution in [0.5, 0.6) is 0 Å². The van der Waals surface area contributed by atoms with E-state index in [1.54, 1.807) is 13.8 Å². The van der Waals surface area contributed by atoms with Gasteiger partial charge in [-0.1, -0.05) is 34.6 Å². The molecule has 418 valence electrons. The minimum Gasteiger partial charge on any atom is -0.463 e. The van der Waals surface area contributed by atoms with Crippen molar-refractivity contribution in [3.63, 3.8) is 0 Å². The number of hydrogen-bond donors (Lipinski definition) is 2. The monoisotopic (exact) mass is 1030 g/mol. The topological polar surface area (TPSA) is 190 Å². The molecule has 10 aliphatic rings. The van der Waals surface area contributed by atoms with Crippen LogP contribution in [0.25, 0.3) is 0 Å². The van der Waals surface area contributed by atoms with E-state index >= 15 is 0 Å².